The molecule has 2 N–H and O–H groups in total. The highest BCUT2D eigenvalue weighted by molar-refractivity contribution is 9.10. The van der Waals surface area contributed by atoms with Crippen LogP contribution in [0.4, 0.5) is 18.0 Å². The van der Waals surface area contributed by atoms with Gasteiger partial charge in [-0.25, -0.2) is 4.79 Å². The van der Waals surface area contributed by atoms with E-state index in [1.807, 2.05) is 0 Å². The van der Waals surface area contributed by atoms with E-state index in [0.29, 0.717) is 12.8 Å². The van der Waals surface area contributed by atoms with E-state index in [4.69, 9.17) is 4.74 Å². The molecule has 1 aromatic carbocycles. The van der Waals surface area contributed by atoms with Crippen molar-refractivity contribution in [1.29, 1.82) is 0 Å². The van der Waals surface area contributed by atoms with Gasteiger partial charge in [-0.2, -0.15) is 13.2 Å². The molecular weight excluding hydrogens is 425 g/mol. The van der Waals surface area contributed by atoms with Crippen molar-refractivity contribution in [3.63, 3.8) is 0 Å². The zero-order chi connectivity index (χ0) is 20.2. The summed E-state index contributed by atoms with van der Waals surface area (Å²) in [6.45, 7) is 5.30. The SMILES string of the molecule is CC(C)(C)OC(=O)NC1CCCC(NC(c2ccc(Br)cc2)C(F)(F)F)C1. The largest absolute Gasteiger partial charge is 0.444 e. The first-order chi connectivity index (χ1) is 12.4. The molecule has 3 atom stereocenters. The van der Waals surface area contributed by atoms with Gasteiger partial charge < -0.3 is 10.1 Å². The van der Waals surface area contributed by atoms with Gasteiger partial charge in [0, 0.05) is 16.6 Å². The van der Waals surface area contributed by atoms with Crippen LogP contribution in [0.3, 0.4) is 0 Å². The third-order valence-electron chi connectivity index (χ3n) is 4.33. The zero-order valence-electron chi connectivity index (χ0n) is 15.7. The summed E-state index contributed by atoms with van der Waals surface area (Å²) in [5.41, 5.74) is -0.438. The molecule has 0 aliphatic heterocycles. The number of carbonyl (C=O) groups excluding carboxylic acids is 1. The Bertz CT molecular complexity index is 629. The molecule has 0 aromatic heterocycles. The highest BCUT2D eigenvalue weighted by Gasteiger charge is 2.42. The summed E-state index contributed by atoms with van der Waals surface area (Å²) in [4.78, 5) is 11.9. The van der Waals surface area contributed by atoms with Crippen LogP contribution in [0.15, 0.2) is 28.7 Å². The van der Waals surface area contributed by atoms with Gasteiger partial charge >= 0.3 is 12.3 Å². The number of rotatable bonds is 4. The van der Waals surface area contributed by atoms with E-state index in [-0.39, 0.29) is 17.6 Å². The Labute approximate surface area is 166 Å². The summed E-state index contributed by atoms with van der Waals surface area (Å²) in [5.74, 6) is 0. The maximum Gasteiger partial charge on any atom is 0.407 e. The molecular formula is C19H26BrF3N2O2. The lowest BCUT2D eigenvalue weighted by atomic mass is 9.90. The van der Waals surface area contributed by atoms with Gasteiger partial charge in [0.1, 0.15) is 11.6 Å². The Hall–Kier alpha value is -1.28. The molecule has 8 heteroatoms. The van der Waals surface area contributed by atoms with Gasteiger partial charge in [-0.3, -0.25) is 5.32 Å². The molecule has 1 amide bonds. The van der Waals surface area contributed by atoms with Crippen LogP contribution in [-0.2, 0) is 4.74 Å². The van der Waals surface area contributed by atoms with Crippen LogP contribution >= 0.6 is 15.9 Å². The van der Waals surface area contributed by atoms with Crippen molar-refractivity contribution in [2.24, 2.45) is 0 Å². The average Bonchev–Trinajstić information content (AvgIpc) is 2.51. The van der Waals surface area contributed by atoms with Crippen molar-refractivity contribution in [2.45, 2.75) is 76.4 Å². The number of benzene rings is 1. The maximum atomic E-state index is 13.6. The van der Waals surface area contributed by atoms with Crippen LogP contribution in [0.1, 0.15) is 58.1 Å². The molecule has 2 rings (SSSR count). The first kappa shape index (κ1) is 22.0. The molecule has 1 aliphatic carbocycles. The van der Waals surface area contributed by atoms with E-state index in [1.165, 1.54) is 12.1 Å². The third kappa shape index (κ3) is 7.33. The fourth-order valence-corrected chi connectivity index (χ4v) is 3.48. The smallest absolute Gasteiger partial charge is 0.407 e. The standard InChI is InChI=1S/C19H26BrF3N2O2/c1-18(2,3)27-17(26)25-15-6-4-5-14(11-15)24-16(19(21,22)23)12-7-9-13(20)10-8-12/h7-10,14-16,24H,4-6,11H2,1-3H3,(H,25,26). The van der Waals surface area contributed by atoms with Gasteiger partial charge in [-0.15, -0.1) is 0 Å². The quantitative estimate of drug-likeness (QED) is 0.638. The fourth-order valence-electron chi connectivity index (χ4n) is 3.22. The minimum atomic E-state index is -4.40. The second-order valence-electron chi connectivity index (χ2n) is 7.90. The fraction of sp³-hybridized carbons (Fsp3) is 0.632. The number of nitrogens with one attached hydrogen (secondary N) is 2. The molecule has 1 aromatic rings. The number of halogens is 4. The maximum absolute atomic E-state index is 13.6. The van der Waals surface area contributed by atoms with Crippen molar-refractivity contribution in [3.8, 4) is 0 Å². The van der Waals surface area contributed by atoms with Crippen molar-refractivity contribution in [2.75, 3.05) is 0 Å². The van der Waals surface area contributed by atoms with E-state index in [2.05, 4.69) is 26.6 Å². The van der Waals surface area contributed by atoms with Crippen LogP contribution in [-0.4, -0.2) is 30.0 Å². The molecule has 1 fully saturated rings. The van der Waals surface area contributed by atoms with Gasteiger partial charge in [-0.05, 0) is 64.2 Å². The van der Waals surface area contributed by atoms with Crippen LogP contribution in [0, 0.1) is 0 Å². The zero-order valence-corrected chi connectivity index (χ0v) is 17.3. The lowest BCUT2D eigenvalue weighted by Gasteiger charge is -2.34. The van der Waals surface area contributed by atoms with E-state index in [0.717, 1.165) is 17.3 Å². The molecule has 0 bridgehead atoms. The van der Waals surface area contributed by atoms with Crippen molar-refractivity contribution >= 4 is 22.0 Å². The highest BCUT2D eigenvalue weighted by atomic mass is 79.9. The number of alkyl carbamates (subject to hydrolysis) is 1. The Morgan fingerprint density at radius 2 is 1.74 bits per heavy atom. The molecule has 1 aliphatic rings. The van der Waals surface area contributed by atoms with Crippen LogP contribution in [0.5, 0.6) is 0 Å². The van der Waals surface area contributed by atoms with Crippen molar-refractivity contribution in [1.82, 2.24) is 10.6 Å². The number of hydrogen-bond acceptors (Lipinski definition) is 3. The molecule has 3 unspecified atom stereocenters. The Balaban J connectivity index is 2.01. The minimum Gasteiger partial charge on any atom is -0.444 e. The summed E-state index contributed by atoms with van der Waals surface area (Å²) in [5, 5.41) is 5.53. The Morgan fingerprint density at radius 3 is 2.30 bits per heavy atom. The summed E-state index contributed by atoms with van der Waals surface area (Å²) in [7, 11) is 0. The molecule has 0 saturated heterocycles. The first-order valence-corrected chi connectivity index (χ1v) is 9.81. The van der Waals surface area contributed by atoms with Crippen LogP contribution in [0.25, 0.3) is 0 Å². The number of carbonyl (C=O) groups is 1. The van der Waals surface area contributed by atoms with Crippen LogP contribution in [0.2, 0.25) is 0 Å². The molecule has 152 valence electrons. The summed E-state index contributed by atoms with van der Waals surface area (Å²) >= 11 is 3.24. The number of alkyl halides is 3. The second kappa shape index (κ2) is 8.82. The molecule has 0 radical (unpaired) electrons. The summed E-state index contributed by atoms with van der Waals surface area (Å²) in [6.07, 6.45) is -2.40. The van der Waals surface area contributed by atoms with Gasteiger partial charge in [0.15, 0.2) is 0 Å². The first-order valence-electron chi connectivity index (χ1n) is 9.02. The normalized spacial score (nSPS) is 22.2. The average molecular weight is 451 g/mol. The van der Waals surface area contributed by atoms with Gasteiger partial charge in [0.2, 0.25) is 0 Å². The van der Waals surface area contributed by atoms with Crippen molar-refractivity contribution in [3.05, 3.63) is 34.3 Å². The predicted molar refractivity (Wildman–Crippen MR) is 101 cm³/mol. The summed E-state index contributed by atoms with van der Waals surface area (Å²) < 4.78 is 46.7. The Kier molecular flexibility index (Phi) is 7.19. The van der Waals surface area contributed by atoms with Crippen molar-refractivity contribution < 1.29 is 22.7 Å². The molecule has 1 saturated carbocycles. The molecule has 4 nitrogen and oxygen atoms in total. The topological polar surface area (TPSA) is 50.4 Å². The third-order valence-corrected chi connectivity index (χ3v) is 4.86. The van der Waals surface area contributed by atoms with Gasteiger partial charge in [0.05, 0.1) is 0 Å². The van der Waals surface area contributed by atoms with E-state index in [9.17, 15) is 18.0 Å². The predicted octanol–water partition coefficient (Wildman–Crippen LogP) is 5.48. The second-order valence-corrected chi connectivity index (χ2v) is 8.82. The number of hydrogen-bond donors (Lipinski definition) is 2. The Morgan fingerprint density at radius 1 is 1.15 bits per heavy atom. The van der Waals surface area contributed by atoms with E-state index >= 15 is 0 Å². The summed E-state index contributed by atoms with van der Waals surface area (Å²) in [6, 6.07) is 3.85. The lowest BCUT2D eigenvalue weighted by Crippen LogP contribution is -2.48. The minimum absolute atomic E-state index is 0.174. The van der Waals surface area contributed by atoms with Gasteiger partial charge in [0.25, 0.3) is 0 Å². The van der Waals surface area contributed by atoms with E-state index < -0.39 is 23.9 Å². The lowest BCUT2D eigenvalue weighted by molar-refractivity contribution is -0.160. The molecule has 27 heavy (non-hydrogen) atoms. The number of amides is 1. The molecule has 0 heterocycles. The van der Waals surface area contributed by atoms with Gasteiger partial charge in [-0.1, -0.05) is 28.1 Å². The van der Waals surface area contributed by atoms with Crippen LogP contribution < -0.4 is 10.6 Å². The number of ether oxygens (including phenoxy) is 1. The monoisotopic (exact) mass is 450 g/mol. The highest BCUT2D eigenvalue weighted by Crippen LogP contribution is 2.35. The van der Waals surface area contributed by atoms with E-state index in [1.54, 1.807) is 32.9 Å². The molecule has 0 spiro atoms.